The molecular formula is C21H21NO2. The third kappa shape index (κ3) is 4.78. The van der Waals surface area contributed by atoms with Gasteiger partial charge in [-0.2, -0.15) is 0 Å². The van der Waals surface area contributed by atoms with Crippen LogP contribution in [-0.2, 0) is 0 Å². The minimum atomic E-state index is 0.0765. The van der Waals surface area contributed by atoms with Gasteiger partial charge in [-0.05, 0) is 55.5 Å². The van der Waals surface area contributed by atoms with Gasteiger partial charge in [0.25, 0.3) is 0 Å². The molecular weight excluding hydrogens is 298 g/mol. The van der Waals surface area contributed by atoms with Crippen molar-refractivity contribution in [3.8, 4) is 17.2 Å². The fourth-order valence-electron chi connectivity index (χ4n) is 2.30. The number of nitrogens with one attached hydrogen (secondary N) is 1. The zero-order valence-electron chi connectivity index (χ0n) is 13.7. The van der Waals surface area contributed by atoms with Crippen LogP contribution in [-0.4, -0.2) is 12.6 Å². The van der Waals surface area contributed by atoms with Gasteiger partial charge in [0.1, 0.15) is 23.4 Å². The van der Waals surface area contributed by atoms with E-state index in [9.17, 15) is 0 Å². The van der Waals surface area contributed by atoms with Crippen molar-refractivity contribution in [2.24, 2.45) is 0 Å². The van der Waals surface area contributed by atoms with Crippen molar-refractivity contribution in [3.05, 3.63) is 84.9 Å². The molecule has 3 aromatic rings. The number of para-hydroxylation sites is 2. The number of hydrogen-bond donors (Lipinski definition) is 1. The van der Waals surface area contributed by atoms with E-state index in [2.05, 4.69) is 5.32 Å². The first-order valence-electron chi connectivity index (χ1n) is 8.08. The Bertz CT molecular complexity index is 727. The summed E-state index contributed by atoms with van der Waals surface area (Å²) in [4.78, 5) is 0. The Balaban J connectivity index is 1.49. The van der Waals surface area contributed by atoms with Gasteiger partial charge in [-0.3, -0.25) is 0 Å². The van der Waals surface area contributed by atoms with Gasteiger partial charge in [0.05, 0.1) is 6.54 Å². The lowest BCUT2D eigenvalue weighted by Gasteiger charge is -2.16. The predicted molar refractivity (Wildman–Crippen MR) is 98.0 cm³/mol. The third-order valence-corrected chi connectivity index (χ3v) is 3.51. The minimum absolute atomic E-state index is 0.0765. The molecule has 1 unspecified atom stereocenters. The average Bonchev–Trinajstić information content (AvgIpc) is 2.63. The zero-order valence-corrected chi connectivity index (χ0v) is 13.7. The number of benzene rings is 3. The van der Waals surface area contributed by atoms with Gasteiger partial charge >= 0.3 is 0 Å². The summed E-state index contributed by atoms with van der Waals surface area (Å²) in [6.07, 6.45) is 0.0765. The molecule has 3 nitrogen and oxygen atoms in total. The lowest BCUT2D eigenvalue weighted by atomic mass is 10.3. The molecule has 0 aliphatic heterocycles. The molecule has 0 amide bonds. The van der Waals surface area contributed by atoms with Crippen molar-refractivity contribution in [1.29, 1.82) is 0 Å². The normalized spacial score (nSPS) is 11.5. The van der Waals surface area contributed by atoms with Crippen molar-refractivity contribution in [3.63, 3.8) is 0 Å². The maximum absolute atomic E-state index is 5.85. The van der Waals surface area contributed by atoms with E-state index in [-0.39, 0.29) is 6.10 Å². The summed E-state index contributed by atoms with van der Waals surface area (Å²) < 4.78 is 11.6. The molecule has 3 heteroatoms. The molecule has 24 heavy (non-hydrogen) atoms. The topological polar surface area (TPSA) is 30.5 Å². The Morgan fingerprint density at radius 2 is 1.25 bits per heavy atom. The quantitative estimate of drug-likeness (QED) is 0.636. The van der Waals surface area contributed by atoms with Crippen LogP contribution in [0.3, 0.4) is 0 Å². The van der Waals surface area contributed by atoms with Crippen molar-refractivity contribution in [1.82, 2.24) is 0 Å². The highest BCUT2D eigenvalue weighted by atomic mass is 16.5. The van der Waals surface area contributed by atoms with Gasteiger partial charge < -0.3 is 14.8 Å². The van der Waals surface area contributed by atoms with Crippen molar-refractivity contribution < 1.29 is 9.47 Å². The Hall–Kier alpha value is -2.94. The standard InChI is InChI=1S/C21H21NO2/c1-17(23-19-8-4-2-5-9-19)16-22-18-12-14-21(15-13-18)24-20-10-6-3-7-11-20/h2-15,17,22H,16H2,1H3. The van der Waals surface area contributed by atoms with Crippen LogP contribution in [0.2, 0.25) is 0 Å². The smallest absolute Gasteiger partial charge is 0.127 e. The highest BCUT2D eigenvalue weighted by Gasteiger charge is 2.04. The van der Waals surface area contributed by atoms with Crippen molar-refractivity contribution in [2.45, 2.75) is 13.0 Å². The first-order chi connectivity index (χ1) is 11.8. The van der Waals surface area contributed by atoms with Crippen LogP contribution in [0.25, 0.3) is 0 Å². The molecule has 0 saturated heterocycles. The zero-order chi connectivity index (χ0) is 16.6. The molecule has 0 saturated carbocycles. The molecule has 3 rings (SSSR count). The molecule has 122 valence electrons. The van der Waals surface area contributed by atoms with E-state index >= 15 is 0 Å². The van der Waals surface area contributed by atoms with E-state index in [0.717, 1.165) is 29.5 Å². The average molecular weight is 319 g/mol. The van der Waals surface area contributed by atoms with Gasteiger partial charge in [0, 0.05) is 5.69 Å². The highest BCUT2D eigenvalue weighted by Crippen LogP contribution is 2.22. The lowest BCUT2D eigenvalue weighted by Crippen LogP contribution is -2.22. The fraction of sp³-hybridized carbons (Fsp3) is 0.143. The van der Waals surface area contributed by atoms with Crippen LogP contribution in [0.1, 0.15) is 6.92 Å². The molecule has 0 spiro atoms. The monoisotopic (exact) mass is 319 g/mol. The van der Waals surface area contributed by atoms with Crippen LogP contribution in [0.15, 0.2) is 84.9 Å². The number of hydrogen-bond acceptors (Lipinski definition) is 3. The molecule has 0 fully saturated rings. The van der Waals surface area contributed by atoms with Gasteiger partial charge in [-0.25, -0.2) is 0 Å². The van der Waals surface area contributed by atoms with E-state index < -0.39 is 0 Å². The number of anilines is 1. The van der Waals surface area contributed by atoms with E-state index in [1.165, 1.54) is 0 Å². The summed E-state index contributed by atoms with van der Waals surface area (Å²) in [5.74, 6) is 2.54. The van der Waals surface area contributed by atoms with E-state index in [0.29, 0.717) is 0 Å². The summed E-state index contributed by atoms with van der Waals surface area (Å²) in [6, 6.07) is 27.5. The van der Waals surface area contributed by atoms with Crippen LogP contribution < -0.4 is 14.8 Å². The molecule has 0 heterocycles. The van der Waals surface area contributed by atoms with E-state index in [4.69, 9.17) is 9.47 Å². The van der Waals surface area contributed by atoms with Gasteiger partial charge in [0.15, 0.2) is 0 Å². The third-order valence-electron chi connectivity index (χ3n) is 3.51. The van der Waals surface area contributed by atoms with E-state index in [1.807, 2.05) is 91.9 Å². The minimum Gasteiger partial charge on any atom is -0.489 e. The summed E-state index contributed by atoms with van der Waals surface area (Å²) >= 11 is 0. The SMILES string of the molecule is CC(CNc1ccc(Oc2ccccc2)cc1)Oc1ccccc1. The molecule has 3 aromatic carbocycles. The number of rotatable bonds is 7. The molecule has 1 N–H and O–H groups in total. The Labute approximate surface area is 142 Å². The summed E-state index contributed by atoms with van der Waals surface area (Å²) in [6.45, 7) is 2.78. The van der Waals surface area contributed by atoms with Crippen LogP contribution >= 0.6 is 0 Å². The van der Waals surface area contributed by atoms with Crippen LogP contribution in [0, 0.1) is 0 Å². The predicted octanol–water partition coefficient (Wildman–Crippen LogP) is 5.36. The molecule has 0 aliphatic rings. The van der Waals surface area contributed by atoms with Crippen molar-refractivity contribution in [2.75, 3.05) is 11.9 Å². The number of ether oxygens (including phenoxy) is 2. The van der Waals surface area contributed by atoms with Gasteiger partial charge in [-0.1, -0.05) is 36.4 Å². The second-order valence-corrected chi connectivity index (χ2v) is 5.56. The molecule has 0 bridgehead atoms. The Kier molecular flexibility index (Phi) is 5.36. The van der Waals surface area contributed by atoms with Crippen LogP contribution in [0.5, 0.6) is 17.2 Å². The molecule has 0 radical (unpaired) electrons. The molecule has 1 atom stereocenters. The van der Waals surface area contributed by atoms with Crippen molar-refractivity contribution >= 4 is 5.69 Å². The van der Waals surface area contributed by atoms with E-state index in [1.54, 1.807) is 0 Å². The Morgan fingerprint density at radius 1 is 0.708 bits per heavy atom. The second kappa shape index (κ2) is 8.06. The molecule has 0 aromatic heterocycles. The largest absolute Gasteiger partial charge is 0.489 e. The summed E-state index contributed by atoms with van der Waals surface area (Å²) in [7, 11) is 0. The molecule has 0 aliphatic carbocycles. The first kappa shape index (κ1) is 15.9. The van der Waals surface area contributed by atoms with Crippen LogP contribution in [0.4, 0.5) is 5.69 Å². The maximum Gasteiger partial charge on any atom is 0.127 e. The second-order valence-electron chi connectivity index (χ2n) is 5.56. The summed E-state index contributed by atoms with van der Waals surface area (Å²) in [5, 5.41) is 3.38. The van der Waals surface area contributed by atoms with Gasteiger partial charge in [-0.15, -0.1) is 0 Å². The maximum atomic E-state index is 5.85. The highest BCUT2D eigenvalue weighted by molar-refractivity contribution is 5.47. The Morgan fingerprint density at radius 3 is 1.88 bits per heavy atom. The first-order valence-corrected chi connectivity index (χ1v) is 8.08. The summed E-state index contributed by atoms with van der Waals surface area (Å²) in [5.41, 5.74) is 1.04. The lowest BCUT2D eigenvalue weighted by molar-refractivity contribution is 0.235. The fourth-order valence-corrected chi connectivity index (χ4v) is 2.30. The van der Waals surface area contributed by atoms with Gasteiger partial charge in [0.2, 0.25) is 0 Å².